The van der Waals surface area contributed by atoms with Crippen LogP contribution in [0.4, 0.5) is 0 Å². The zero-order valence-electron chi connectivity index (χ0n) is 18.4. The second-order valence-corrected chi connectivity index (χ2v) is 8.48. The van der Waals surface area contributed by atoms with Crippen molar-refractivity contribution >= 4 is 10.9 Å². The number of hydrogen-bond acceptors (Lipinski definition) is 4. The van der Waals surface area contributed by atoms with E-state index < -0.39 is 0 Å². The van der Waals surface area contributed by atoms with Gasteiger partial charge in [0.1, 0.15) is 0 Å². The fourth-order valence-corrected chi connectivity index (χ4v) is 4.38. The molecule has 0 aliphatic heterocycles. The van der Waals surface area contributed by atoms with Crippen LogP contribution in [0.5, 0.6) is 0 Å². The number of aromatic amines is 1. The van der Waals surface area contributed by atoms with Gasteiger partial charge in [-0.1, -0.05) is 49.7 Å². The number of tetrazole rings is 1. The summed E-state index contributed by atoms with van der Waals surface area (Å²) in [5.74, 6) is 1.21. The van der Waals surface area contributed by atoms with Gasteiger partial charge in [-0.2, -0.15) is 4.68 Å². The molecule has 2 heterocycles. The first-order chi connectivity index (χ1) is 14.5. The van der Waals surface area contributed by atoms with Crippen LogP contribution in [0, 0.1) is 26.7 Å². The summed E-state index contributed by atoms with van der Waals surface area (Å²) in [5.41, 5.74) is 7.20. The van der Waals surface area contributed by atoms with Crippen LogP contribution in [0.15, 0.2) is 42.6 Å². The summed E-state index contributed by atoms with van der Waals surface area (Å²) < 4.78 is 1.91. The lowest BCUT2D eigenvalue weighted by Gasteiger charge is -2.22. The molecule has 6 heteroatoms. The molecule has 0 aliphatic carbocycles. The van der Waals surface area contributed by atoms with Crippen LogP contribution in [0.3, 0.4) is 0 Å². The molecule has 2 aromatic heterocycles. The number of benzene rings is 2. The lowest BCUT2D eigenvalue weighted by atomic mass is 10.0. The Labute approximate surface area is 177 Å². The number of fused-ring (bicyclic) bond motifs is 1. The van der Waals surface area contributed by atoms with Crippen LogP contribution >= 0.6 is 0 Å². The van der Waals surface area contributed by atoms with Gasteiger partial charge in [-0.3, -0.25) is 0 Å². The monoisotopic (exact) mass is 402 g/mol. The molecule has 30 heavy (non-hydrogen) atoms. The summed E-state index contributed by atoms with van der Waals surface area (Å²) in [7, 11) is 0. The summed E-state index contributed by atoms with van der Waals surface area (Å²) in [6.07, 6.45) is 3.05. The maximum Gasteiger partial charge on any atom is 0.173 e. The molecule has 0 aliphatic rings. The molecule has 0 amide bonds. The number of H-pyrrole nitrogens is 1. The average Bonchev–Trinajstić information content (AvgIpc) is 3.32. The van der Waals surface area contributed by atoms with Crippen molar-refractivity contribution in [2.75, 3.05) is 6.54 Å². The minimum absolute atomic E-state index is 0.0605. The van der Waals surface area contributed by atoms with Crippen LogP contribution in [-0.2, 0) is 6.42 Å². The molecule has 4 aromatic rings. The largest absolute Gasteiger partial charge is 0.361 e. The second-order valence-electron chi connectivity index (χ2n) is 8.48. The Kier molecular flexibility index (Phi) is 5.68. The SMILES string of the molecule is Cc1cc(C)c(-n2nnnc2C(NCCc2c[nH]c3ccccc23)C(C)C)c(C)c1. The quantitative estimate of drug-likeness (QED) is 0.474. The van der Waals surface area contributed by atoms with E-state index in [4.69, 9.17) is 0 Å². The fraction of sp³-hybridized carbons (Fsp3) is 0.375. The van der Waals surface area contributed by atoms with Gasteiger partial charge in [0.25, 0.3) is 0 Å². The van der Waals surface area contributed by atoms with Crippen molar-refractivity contribution in [3.63, 3.8) is 0 Å². The van der Waals surface area contributed by atoms with Gasteiger partial charge in [-0.15, -0.1) is 5.10 Å². The highest BCUT2D eigenvalue weighted by atomic mass is 15.5. The number of rotatable bonds is 7. The van der Waals surface area contributed by atoms with Crippen molar-refractivity contribution in [3.05, 3.63) is 70.7 Å². The topological polar surface area (TPSA) is 71.4 Å². The van der Waals surface area contributed by atoms with E-state index in [9.17, 15) is 0 Å². The van der Waals surface area contributed by atoms with Crippen LogP contribution in [0.25, 0.3) is 16.6 Å². The van der Waals surface area contributed by atoms with E-state index in [-0.39, 0.29) is 6.04 Å². The first kappa shape index (κ1) is 20.3. The molecule has 2 N–H and O–H groups in total. The summed E-state index contributed by atoms with van der Waals surface area (Å²) in [6, 6.07) is 12.9. The molecule has 1 unspecified atom stereocenters. The van der Waals surface area contributed by atoms with Gasteiger partial charge < -0.3 is 10.3 Å². The summed E-state index contributed by atoms with van der Waals surface area (Å²) in [6.45, 7) is 11.6. The third-order valence-electron chi connectivity index (χ3n) is 5.72. The minimum atomic E-state index is 0.0605. The van der Waals surface area contributed by atoms with Gasteiger partial charge in [0, 0.05) is 17.1 Å². The van der Waals surface area contributed by atoms with Crippen LogP contribution in [-0.4, -0.2) is 31.7 Å². The first-order valence-corrected chi connectivity index (χ1v) is 10.6. The van der Waals surface area contributed by atoms with Gasteiger partial charge in [-0.25, -0.2) is 0 Å². The predicted molar refractivity (Wildman–Crippen MR) is 121 cm³/mol. The van der Waals surface area contributed by atoms with E-state index in [2.05, 4.69) is 103 Å². The van der Waals surface area contributed by atoms with E-state index >= 15 is 0 Å². The molecule has 0 saturated carbocycles. The van der Waals surface area contributed by atoms with E-state index in [0.29, 0.717) is 5.92 Å². The van der Waals surface area contributed by atoms with Gasteiger partial charge in [-0.05, 0) is 72.8 Å². The molecule has 0 fully saturated rings. The number of nitrogens with zero attached hydrogens (tertiary/aromatic N) is 4. The Balaban J connectivity index is 1.57. The van der Waals surface area contributed by atoms with E-state index in [1.807, 2.05) is 4.68 Å². The Morgan fingerprint density at radius 1 is 1.07 bits per heavy atom. The number of hydrogen-bond donors (Lipinski definition) is 2. The average molecular weight is 403 g/mol. The molecule has 0 spiro atoms. The minimum Gasteiger partial charge on any atom is -0.361 e. The third kappa shape index (κ3) is 3.87. The molecule has 4 rings (SSSR count). The molecule has 6 nitrogen and oxygen atoms in total. The number of aromatic nitrogens is 5. The zero-order chi connectivity index (χ0) is 21.3. The Hall–Kier alpha value is -2.99. The van der Waals surface area contributed by atoms with Gasteiger partial charge >= 0.3 is 0 Å². The number of aryl methyl sites for hydroxylation is 3. The summed E-state index contributed by atoms with van der Waals surface area (Å²) in [4.78, 5) is 3.36. The molecule has 0 radical (unpaired) electrons. The van der Waals surface area contributed by atoms with Crippen LogP contribution < -0.4 is 5.32 Å². The molecule has 0 saturated heterocycles. The standard InChI is InChI=1S/C24H30N6/c1-15(2)22(25-11-10-19-14-26-21-9-7-6-8-20(19)21)24-27-28-29-30(24)23-17(4)12-16(3)13-18(23)5/h6-9,12-15,22,25-26H,10-11H2,1-5H3. The molecular weight excluding hydrogens is 372 g/mol. The fourth-order valence-electron chi connectivity index (χ4n) is 4.38. The summed E-state index contributed by atoms with van der Waals surface area (Å²) in [5, 5.41) is 17.8. The highest BCUT2D eigenvalue weighted by Gasteiger charge is 2.24. The summed E-state index contributed by atoms with van der Waals surface area (Å²) >= 11 is 0. The highest BCUT2D eigenvalue weighted by Crippen LogP contribution is 2.26. The lowest BCUT2D eigenvalue weighted by molar-refractivity contribution is 0.390. The van der Waals surface area contributed by atoms with E-state index in [1.54, 1.807) is 0 Å². The Morgan fingerprint density at radius 2 is 1.80 bits per heavy atom. The highest BCUT2D eigenvalue weighted by molar-refractivity contribution is 5.83. The zero-order valence-corrected chi connectivity index (χ0v) is 18.4. The first-order valence-electron chi connectivity index (χ1n) is 10.6. The third-order valence-corrected chi connectivity index (χ3v) is 5.72. The van der Waals surface area contributed by atoms with Crippen LogP contribution in [0.1, 0.15) is 48.0 Å². The Morgan fingerprint density at radius 3 is 2.53 bits per heavy atom. The van der Waals surface area contributed by atoms with Gasteiger partial charge in [0.15, 0.2) is 5.82 Å². The van der Waals surface area contributed by atoms with Crippen molar-refractivity contribution in [1.82, 2.24) is 30.5 Å². The number of para-hydroxylation sites is 1. The van der Waals surface area contributed by atoms with E-state index in [0.717, 1.165) is 24.5 Å². The van der Waals surface area contributed by atoms with Crippen molar-refractivity contribution in [2.24, 2.45) is 5.92 Å². The van der Waals surface area contributed by atoms with E-state index in [1.165, 1.54) is 33.2 Å². The van der Waals surface area contributed by atoms with Crippen molar-refractivity contribution in [2.45, 2.75) is 47.1 Å². The second kappa shape index (κ2) is 8.40. The molecule has 1 atom stereocenters. The maximum absolute atomic E-state index is 4.42. The Bertz CT molecular complexity index is 1130. The van der Waals surface area contributed by atoms with Gasteiger partial charge in [0.2, 0.25) is 0 Å². The van der Waals surface area contributed by atoms with Crippen molar-refractivity contribution in [1.29, 1.82) is 0 Å². The molecule has 156 valence electrons. The molecule has 2 aromatic carbocycles. The van der Waals surface area contributed by atoms with Crippen LogP contribution in [0.2, 0.25) is 0 Å². The van der Waals surface area contributed by atoms with Gasteiger partial charge in [0.05, 0.1) is 11.7 Å². The maximum atomic E-state index is 4.42. The van der Waals surface area contributed by atoms with Crippen molar-refractivity contribution in [3.8, 4) is 5.69 Å². The normalized spacial score (nSPS) is 12.7. The van der Waals surface area contributed by atoms with Crippen molar-refractivity contribution < 1.29 is 0 Å². The number of nitrogens with one attached hydrogen (secondary N) is 2. The molecular formula is C24H30N6. The smallest absolute Gasteiger partial charge is 0.173 e. The molecule has 0 bridgehead atoms. The predicted octanol–water partition coefficient (Wildman–Crippen LogP) is 4.60. The lowest BCUT2D eigenvalue weighted by Crippen LogP contribution is -2.30.